The van der Waals surface area contributed by atoms with Crippen molar-refractivity contribution in [1.82, 2.24) is 24.4 Å². The predicted molar refractivity (Wildman–Crippen MR) is 113 cm³/mol. The summed E-state index contributed by atoms with van der Waals surface area (Å²) >= 11 is 7.40. The summed E-state index contributed by atoms with van der Waals surface area (Å²) in [5.74, 6) is 1.90. The van der Waals surface area contributed by atoms with E-state index in [1.807, 2.05) is 37.3 Å². The fourth-order valence-corrected chi connectivity index (χ4v) is 3.59. The summed E-state index contributed by atoms with van der Waals surface area (Å²) in [4.78, 5) is 4.53. The van der Waals surface area contributed by atoms with Gasteiger partial charge in [0.05, 0.1) is 30.6 Å². The zero-order valence-corrected chi connectivity index (χ0v) is 17.5. The number of hydrogen-bond donors (Lipinski definition) is 1. The summed E-state index contributed by atoms with van der Waals surface area (Å²) in [7, 11) is 3.21. The van der Waals surface area contributed by atoms with Crippen LogP contribution in [0.1, 0.15) is 5.69 Å². The van der Waals surface area contributed by atoms with Gasteiger partial charge >= 0.3 is 0 Å². The van der Waals surface area contributed by atoms with Crippen molar-refractivity contribution in [3.05, 3.63) is 53.2 Å². The second-order valence-electron chi connectivity index (χ2n) is 6.03. The quantitative estimate of drug-likeness (QED) is 0.483. The molecule has 10 heteroatoms. The number of hydrogen-bond acceptors (Lipinski definition) is 8. The molecule has 4 rings (SSSR count). The SMILES string of the molecule is COc1ccc(-n2nnc(-c3nsc(Nc4ccc(OC)c(Cl)c4)n3)c2C)cc1. The standard InChI is InChI=1S/C19H17ClN6O2S/c1-11-17(23-25-26(11)13-5-7-14(27-2)8-6-13)18-22-19(29-24-18)21-12-4-9-16(28-3)15(20)10-12/h4-10H,1-3H3,(H,21,22,24). The van der Waals surface area contributed by atoms with Crippen molar-refractivity contribution in [3.63, 3.8) is 0 Å². The molecule has 0 aliphatic carbocycles. The smallest absolute Gasteiger partial charge is 0.207 e. The highest BCUT2D eigenvalue weighted by Gasteiger charge is 2.17. The van der Waals surface area contributed by atoms with Gasteiger partial charge in [-0.05, 0) is 49.4 Å². The summed E-state index contributed by atoms with van der Waals surface area (Å²) < 4.78 is 16.5. The molecular formula is C19H17ClN6O2S. The van der Waals surface area contributed by atoms with Gasteiger partial charge in [-0.3, -0.25) is 0 Å². The van der Waals surface area contributed by atoms with Gasteiger partial charge in [0.1, 0.15) is 11.5 Å². The van der Waals surface area contributed by atoms with E-state index in [9.17, 15) is 0 Å². The number of aromatic nitrogens is 5. The van der Waals surface area contributed by atoms with Gasteiger partial charge in [0.2, 0.25) is 5.13 Å². The monoisotopic (exact) mass is 428 g/mol. The Labute approximate surface area is 176 Å². The summed E-state index contributed by atoms with van der Waals surface area (Å²) in [6.45, 7) is 1.93. The molecule has 0 bridgehead atoms. The Morgan fingerprint density at radius 1 is 1.07 bits per heavy atom. The lowest BCUT2D eigenvalue weighted by Gasteiger charge is -2.06. The van der Waals surface area contributed by atoms with Crippen LogP contribution in [0.5, 0.6) is 11.5 Å². The third-order valence-corrected chi connectivity index (χ3v) is 5.18. The van der Waals surface area contributed by atoms with Crippen molar-refractivity contribution in [1.29, 1.82) is 0 Å². The van der Waals surface area contributed by atoms with E-state index in [2.05, 4.69) is 25.0 Å². The van der Waals surface area contributed by atoms with Gasteiger partial charge in [-0.1, -0.05) is 16.8 Å². The maximum atomic E-state index is 6.17. The Balaban J connectivity index is 1.56. The molecule has 8 nitrogen and oxygen atoms in total. The maximum Gasteiger partial charge on any atom is 0.207 e. The number of nitrogens with zero attached hydrogens (tertiary/aromatic N) is 5. The molecule has 0 aliphatic heterocycles. The van der Waals surface area contributed by atoms with Gasteiger partial charge in [0.15, 0.2) is 11.5 Å². The van der Waals surface area contributed by atoms with Crippen LogP contribution in [0.3, 0.4) is 0 Å². The second kappa shape index (κ2) is 8.06. The van der Waals surface area contributed by atoms with E-state index in [1.165, 1.54) is 11.5 Å². The zero-order chi connectivity index (χ0) is 20.4. The first-order valence-electron chi connectivity index (χ1n) is 8.60. The third-order valence-electron chi connectivity index (χ3n) is 4.25. The van der Waals surface area contributed by atoms with E-state index in [1.54, 1.807) is 31.0 Å². The van der Waals surface area contributed by atoms with Gasteiger partial charge in [-0.2, -0.15) is 9.36 Å². The van der Waals surface area contributed by atoms with Gasteiger partial charge < -0.3 is 14.8 Å². The molecule has 2 aromatic carbocycles. The highest BCUT2D eigenvalue weighted by atomic mass is 35.5. The normalized spacial score (nSPS) is 10.8. The maximum absolute atomic E-state index is 6.17. The van der Waals surface area contributed by atoms with Crippen molar-refractivity contribution in [2.24, 2.45) is 0 Å². The number of ether oxygens (including phenoxy) is 2. The van der Waals surface area contributed by atoms with Crippen molar-refractivity contribution < 1.29 is 9.47 Å². The van der Waals surface area contributed by atoms with Crippen LogP contribution in [0.4, 0.5) is 10.8 Å². The zero-order valence-electron chi connectivity index (χ0n) is 15.9. The molecule has 0 spiro atoms. The molecule has 4 aromatic rings. The van der Waals surface area contributed by atoms with Crippen molar-refractivity contribution >= 4 is 34.0 Å². The minimum atomic E-state index is 0.509. The molecule has 1 N–H and O–H groups in total. The topological polar surface area (TPSA) is 87.0 Å². The fourth-order valence-electron chi connectivity index (χ4n) is 2.74. The van der Waals surface area contributed by atoms with E-state index < -0.39 is 0 Å². The summed E-state index contributed by atoms with van der Waals surface area (Å²) in [5, 5.41) is 12.8. The minimum Gasteiger partial charge on any atom is -0.497 e. The van der Waals surface area contributed by atoms with Crippen LogP contribution in [0, 0.1) is 6.92 Å². The first-order valence-corrected chi connectivity index (χ1v) is 9.75. The highest BCUT2D eigenvalue weighted by Crippen LogP contribution is 2.30. The molecule has 0 saturated carbocycles. The van der Waals surface area contributed by atoms with Gasteiger partial charge in [0, 0.05) is 17.2 Å². The molecule has 0 amide bonds. The predicted octanol–water partition coefficient (Wildman–Crippen LogP) is 4.51. The van der Waals surface area contributed by atoms with Crippen molar-refractivity contribution in [2.45, 2.75) is 6.92 Å². The third kappa shape index (κ3) is 3.87. The van der Waals surface area contributed by atoms with Gasteiger partial charge in [-0.25, -0.2) is 4.68 Å². The first kappa shape index (κ1) is 19.2. The Bertz CT molecular complexity index is 1140. The first-order chi connectivity index (χ1) is 14.1. The molecule has 0 atom stereocenters. The van der Waals surface area contributed by atoms with Crippen molar-refractivity contribution in [2.75, 3.05) is 19.5 Å². The van der Waals surface area contributed by atoms with E-state index in [0.717, 1.165) is 22.8 Å². The summed E-state index contributed by atoms with van der Waals surface area (Å²) in [6, 6.07) is 13.0. The molecule has 2 heterocycles. The lowest BCUT2D eigenvalue weighted by atomic mass is 10.2. The summed E-state index contributed by atoms with van der Waals surface area (Å²) in [6.07, 6.45) is 0. The Morgan fingerprint density at radius 2 is 1.86 bits per heavy atom. The van der Waals surface area contributed by atoms with Gasteiger partial charge in [0.25, 0.3) is 0 Å². The molecule has 29 heavy (non-hydrogen) atoms. The number of benzene rings is 2. The van der Waals surface area contributed by atoms with Crippen LogP contribution in [0.2, 0.25) is 5.02 Å². The number of anilines is 2. The second-order valence-corrected chi connectivity index (χ2v) is 7.19. The highest BCUT2D eigenvalue weighted by molar-refractivity contribution is 7.09. The van der Waals surface area contributed by atoms with Crippen LogP contribution >= 0.6 is 23.1 Å². The van der Waals surface area contributed by atoms with E-state index in [-0.39, 0.29) is 0 Å². The molecule has 0 fully saturated rings. The van der Waals surface area contributed by atoms with E-state index in [4.69, 9.17) is 21.1 Å². The largest absolute Gasteiger partial charge is 0.497 e. The van der Waals surface area contributed by atoms with Crippen molar-refractivity contribution in [3.8, 4) is 28.7 Å². The molecule has 2 aromatic heterocycles. The average Bonchev–Trinajstić information content (AvgIpc) is 3.34. The lowest BCUT2D eigenvalue weighted by molar-refractivity contribution is 0.414. The van der Waals surface area contributed by atoms with Crippen LogP contribution < -0.4 is 14.8 Å². The molecule has 0 unspecified atom stereocenters. The Morgan fingerprint density at radius 3 is 2.55 bits per heavy atom. The van der Waals surface area contributed by atoms with Crippen LogP contribution in [0.25, 0.3) is 17.2 Å². The molecule has 0 aliphatic rings. The minimum absolute atomic E-state index is 0.509. The number of halogens is 1. The molecule has 148 valence electrons. The Hall–Kier alpha value is -3.17. The average molecular weight is 429 g/mol. The number of rotatable bonds is 6. The summed E-state index contributed by atoms with van der Waals surface area (Å²) in [5.41, 5.74) is 3.13. The van der Waals surface area contributed by atoms with Crippen LogP contribution in [-0.2, 0) is 0 Å². The van der Waals surface area contributed by atoms with E-state index in [0.29, 0.717) is 27.4 Å². The lowest BCUT2D eigenvalue weighted by Crippen LogP contribution is -1.99. The Kier molecular flexibility index (Phi) is 5.32. The number of methoxy groups -OCH3 is 2. The van der Waals surface area contributed by atoms with Gasteiger partial charge in [-0.15, -0.1) is 5.10 Å². The van der Waals surface area contributed by atoms with Crippen LogP contribution in [0.15, 0.2) is 42.5 Å². The van der Waals surface area contributed by atoms with E-state index >= 15 is 0 Å². The van der Waals surface area contributed by atoms with Crippen LogP contribution in [-0.4, -0.2) is 38.6 Å². The molecule has 0 radical (unpaired) electrons. The molecule has 0 saturated heterocycles. The number of nitrogens with one attached hydrogen (secondary N) is 1. The fraction of sp³-hybridized carbons (Fsp3) is 0.158. The molecular weight excluding hydrogens is 412 g/mol.